The lowest BCUT2D eigenvalue weighted by Gasteiger charge is -2.07. The average Bonchev–Trinajstić information content (AvgIpc) is 3.08. The van der Waals surface area contributed by atoms with Gasteiger partial charge in [0.1, 0.15) is 12.4 Å². The zero-order valence-corrected chi connectivity index (χ0v) is 11.6. The number of carbonyl (C=O) groups is 1. The van der Waals surface area contributed by atoms with Crippen molar-refractivity contribution in [2.24, 2.45) is 0 Å². The minimum absolute atomic E-state index is 0.0596. The largest absolute Gasteiger partial charge is 0.457 e. The van der Waals surface area contributed by atoms with E-state index in [1.54, 1.807) is 16.9 Å². The monoisotopic (exact) mass is 296 g/mol. The number of rotatable bonds is 4. The molecule has 22 heavy (non-hydrogen) atoms. The number of hydrogen-bond acceptors (Lipinski definition) is 3. The SMILES string of the molecule is O=C(OCc1ccc(-n2cccn2)cc1)c1ccccc1F. The van der Waals surface area contributed by atoms with Gasteiger partial charge in [0.25, 0.3) is 0 Å². The van der Waals surface area contributed by atoms with Crippen LogP contribution in [0.3, 0.4) is 0 Å². The average molecular weight is 296 g/mol. The molecule has 3 rings (SSSR count). The molecule has 0 radical (unpaired) electrons. The molecular formula is C17H13FN2O2. The Morgan fingerprint density at radius 1 is 1.09 bits per heavy atom. The highest BCUT2D eigenvalue weighted by Gasteiger charge is 2.12. The molecule has 0 amide bonds. The maximum absolute atomic E-state index is 13.5. The lowest BCUT2D eigenvalue weighted by atomic mass is 10.2. The molecule has 0 unspecified atom stereocenters. The summed E-state index contributed by atoms with van der Waals surface area (Å²) >= 11 is 0. The molecule has 0 spiro atoms. The highest BCUT2D eigenvalue weighted by Crippen LogP contribution is 2.12. The van der Waals surface area contributed by atoms with E-state index in [-0.39, 0.29) is 12.2 Å². The van der Waals surface area contributed by atoms with Crippen LogP contribution in [-0.4, -0.2) is 15.7 Å². The van der Waals surface area contributed by atoms with E-state index >= 15 is 0 Å². The molecule has 1 aromatic heterocycles. The van der Waals surface area contributed by atoms with Gasteiger partial charge in [-0.25, -0.2) is 13.9 Å². The topological polar surface area (TPSA) is 44.1 Å². The standard InChI is InChI=1S/C17H13FN2O2/c18-16-5-2-1-4-15(16)17(21)22-12-13-6-8-14(9-7-13)20-11-3-10-19-20/h1-11H,12H2. The van der Waals surface area contributed by atoms with Crippen LogP contribution in [-0.2, 0) is 11.3 Å². The summed E-state index contributed by atoms with van der Waals surface area (Å²) in [5.41, 5.74) is 1.67. The number of carbonyl (C=O) groups excluding carboxylic acids is 1. The summed E-state index contributed by atoms with van der Waals surface area (Å²) in [5.74, 6) is -1.25. The van der Waals surface area contributed by atoms with Crippen LogP contribution in [0.15, 0.2) is 67.0 Å². The van der Waals surface area contributed by atoms with Gasteiger partial charge < -0.3 is 4.74 Å². The van der Waals surface area contributed by atoms with E-state index in [1.807, 2.05) is 36.5 Å². The van der Waals surface area contributed by atoms with Gasteiger partial charge in [-0.05, 0) is 35.9 Å². The van der Waals surface area contributed by atoms with Gasteiger partial charge in [0.2, 0.25) is 0 Å². The fourth-order valence-corrected chi connectivity index (χ4v) is 2.02. The third-order valence-electron chi connectivity index (χ3n) is 3.17. The smallest absolute Gasteiger partial charge is 0.341 e. The first-order chi connectivity index (χ1) is 10.7. The quantitative estimate of drug-likeness (QED) is 0.693. The van der Waals surface area contributed by atoms with Gasteiger partial charge in [0.05, 0.1) is 11.3 Å². The van der Waals surface area contributed by atoms with E-state index in [0.717, 1.165) is 11.3 Å². The summed E-state index contributed by atoms with van der Waals surface area (Å²) < 4.78 is 20.3. The molecule has 0 fully saturated rings. The Hall–Kier alpha value is -2.95. The number of hydrogen-bond donors (Lipinski definition) is 0. The van der Waals surface area contributed by atoms with Crippen molar-refractivity contribution in [3.8, 4) is 5.69 Å². The van der Waals surface area contributed by atoms with Crippen LogP contribution in [0.4, 0.5) is 4.39 Å². The van der Waals surface area contributed by atoms with Gasteiger partial charge >= 0.3 is 5.97 Å². The number of esters is 1. The molecule has 0 saturated carbocycles. The fraction of sp³-hybridized carbons (Fsp3) is 0.0588. The molecule has 0 aliphatic carbocycles. The third kappa shape index (κ3) is 3.03. The first-order valence-corrected chi connectivity index (χ1v) is 6.74. The van der Waals surface area contributed by atoms with E-state index in [0.29, 0.717) is 0 Å². The van der Waals surface area contributed by atoms with Gasteiger partial charge in [-0.3, -0.25) is 0 Å². The Labute approximate surface area is 126 Å². The van der Waals surface area contributed by atoms with Gasteiger partial charge in [-0.15, -0.1) is 0 Å². The fourth-order valence-electron chi connectivity index (χ4n) is 2.02. The molecule has 5 heteroatoms. The van der Waals surface area contributed by atoms with Crippen molar-refractivity contribution in [3.05, 3.63) is 83.9 Å². The molecule has 0 aliphatic rings. The summed E-state index contributed by atoms with van der Waals surface area (Å²) in [4.78, 5) is 11.8. The third-order valence-corrected chi connectivity index (χ3v) is 3.17. The summed E-state index contributed by atoms with van der Waals surface area (Å²) in [6.07, 6.45) is 3.54. The van der Waals surface area contributed by atoms with Crippen LogP contribution in [0.1, 0.15) is 15.9 Å². The Bertz CT molecular complexity index is 768. The van der Waals surface area contributed by atoms with Gasteiger partial charge in [-0.1, -0.05) is 24.3 Å². The number of ether oxygens (including phenoxy) is 1. The first kappa shape index (κ1) is 14.0. The zero-order chi connectivity index (χ0) is 15.4. The van der Waals surface area contributed by atoms with Crippen LogP contribution in [0.2, 0.25) is 0 Å². The zero-order valence-electron chi connectivity index (χ0n) is 11.6. The van der Waals surface area contributed by atoms with Crippen molar-refractivity contribution in [3.63, 3.8) is 0 Å². The molecule has 1 heterocycles. The lowest BCUT2D eigenvalue weighted by molar-refractivity contribution is 0.0467. The van der Waals surface area contributed by atoms with Crippen LogP contribution < -0.4 is 0 Å². The number of nitrogens with zero attached hydrogens (tertiary/aromatic N) is 2. The molecule has 0 atom stereocenters. The van der Waals surface area contributed by atoms with Crippen molar-refractivity contribution in [2.45, 2.75) is 6.61 Å². The Kier molecular flexibility index (Phi) is 3.96. The van der Waals surface area contributed by atoms with E-state index in [2.05, 4.69) is 5.10 Å². The van der Waals surface area contributed by atoms with E-state index < -0.39 is 11.8 Å². The number of halogens is 1. The molecule has 110 valence electrons. The van der Waals surface area contributed by atoms with Gasteiger partial charge in [0, 0.05) is 12.4 Å². The van der Waals surface area contributed by atoms with Crippen molar-refractivity contribution < 1.29 is 13.9 Å². The summed E-state index contributed by atoms with van der Waals surface area (Å²) in [6.45, 7) is 0.0898. The molecule has 3 aromatic rings. The summed E-state index contributed by atoms with van der Waals surface area (Å²) in [7, 11) is 0. The Balaban J connectivity index is 1.64. The predicted molar refractivity (Wildman–Crippen MR) is 79.1 cm³/mol. The Morgan fingerprint density at radius 3 is 2.55 bits per heavy atom. The summed E-state index contributed by atoms with van der Waals surface area (Å²) in [5, 5.41) is 4.13. The molecular weight excluding hydrogens is 283 g/mol. The van der Waals surface area contributed by atoms with Crippen molar-refractivity contribution >= 4 is 5.97 Å². The highest BCUT2D eigenvalue weighted by molar-refractivity contribution is 5.89. The maximum atomic E-state index is 13.5. The maximum Gasteiger partial charge on any atom is 0.341 e. The second-order valence-electron chi connectivity index (χ2n) is 4.67. The minimum atomic E-state index is -0.672. The van der Waals surface area contributed by atoms with Crippen molar-refractivity contribution in [1.82, 2.24) is 9.78 Å². The van der Waals surface area contributed by atoms with Crippen LogP contribution in [0.25, 0.3) is 5.69 Å². The second-order valence-corrected chi connectivity index (χ2v) is 4.67. The Morgan fingerprint density at radius 2 is 1.86 bits per heavy atom. The minimum Gasteiger partial charge on any atom is -0.457 e. The predicted octanol–water partition coefficient (Wildman–Crippen LogP) is 3.37. The first-order valence-electron chi connectivity index (χ1n) is 6.74. The van der Waals surface area contributed by atoms with Crippen LogP contribution in [0, 0.1) is 5.82 Å². The summed E-state index contributed by atoms with van der Waals surface area (Å²) in [6, 6.07) is 15.0. The molecule has 0 bridgehead atoms. The molecule has 4 nitrogen and oxygen atoms in total. The molecule has 2 aromatic carbocycles. The molecule has 0 aliphatic heterocycles. The van der Waals surface area contributed by atoms with Crippen molar-refractivity contribution in [2.75, 3.05) is 0 Å². The van der Waals surface area contributed by atoms with Gasteiger partial charge in [-0.2, -0.15) is 5.10 Å². The van der Waals surface area contributed by atoms with E-state index in [1.165, 1.54) is 18.2 Å². The highest BCUT2D eigenvalue weighted by atomic mass is 19.1. The number of aromatic nitrogens is 2. The van der Waals surface area contributed by atoms with E-state index in [4.69, 9.17) is 4.74 Å². The lowest BCUT2D eigenvalue weighted by Crippen LogP contribution is -2.07. The second kappa shape index (κ2) is 6.22. The van der Waals surface area contributed by atoms with Gasteiger partial charge in [0.15, 0.2) is 0 Å². The molecule has 0 N–H and O–H groups in total. The normalized spacial score (nSPS) is 10.4. The van der Waals surface area contributed by atoms with E-state index in [9.17, 15) is 9.18 Å². The number of benzene rings is 2. The van der Waals surface area contributed by atoms with Crippen LogP contribution >= 0.6 is 0 Å². The van der Waals surface area contributed by atoms with Crippen LogP contribution in [0.5, 0.6) is 0 Å². The van der Waals surface area contributed by atoms with Crippen molar-refractivity contribution in [1.29, 1.82) is 0 Å². The molecule has 0 saturated heterocycles.